The number of aromatic nitrogens is 1. The number of carboxylic acids is 1. The summed E-state index contributed by atoms with van der Waals surface area (Å²) in [7, 11) is 1.30. The quantitative estimate of drug-likeness (QED) is 0.723. The Morgan fingerprint density at radius 3 is 2.69 bits per heavy atom. The SMILES string of the molecule is COC(=O)Cc1ccc(OCC(=O)O)cn1. The lowest BCUT2D eigenvalue weighted by atomic mass is 10.3. The lowest BCUT2D eigenvalue weighted by molar-refractivity contribution is -0.140. The molecule has 6 heteroatoms. The van der Waals surface area contributed by atoms with Crippen molar-refractivity contribution in [3.63, 3.8) is 0 Å². The highest BCUT2D eigenvalue weighted by Crippen LogP contribution is 2.09. The van der Waals surface area contributed by atoms with Crippen LogP contribution in [0.3, 0.4) is 0 Å². The molecule has 0 amide bonds. The molecular formula is C10H11NO5. The second kappa shape index (κ2) is 5.69. The molecule has 0 spiro atoms. The number of nitrogens with zero attached hydrogens (tertiary/aromatic N) is 1. The summed E-state index contributed by atoms with van der Waals surface area (Å²) in [5.74, 6) is -1.10. The van der Waals surface area contributed by atoms with Gasteiger partial charge in [0, 0.05) is 0 Å². The molecule has 0 aliphatic carbocycles. The molecule has 6 nitrogen and oxygen atoms in total. The molecule has 1 heterocycles. The maximum Gasteiger partial charge on any atom is 0.341 e. The third-order valence-electron chi connectivity index (χ3n) is 1.71. The van der Waals surface area contributed by atoms with Gasteiger partial charge in [0.05, 0.1) is 25.4 Å². The Bertz CT molecular complexity index is 373. The van der Waals surface area contributed by atoms with Crippen molar-refractivity contribution in [3.05, 3.63) is 24.0 Å². The summed E-state index contributed by atoms with van der Waals surface area (Å²) in [5, 5.41) is 8.37. The molecule has 1 aromatic rings. The molecule has 0 unspecified atom stereocenters. The predicted octanol–water partition coefficient (Wildman–Crippen LogP) is 0.260. The highest BCUT2D eigenvalue weighted by atomic mass is 16.5. The zero-order valence-corrected chi connectivity index (χ0v) is 8.67. The van der Waals surface area contributed by atoms with E-state index in [-0.39, 0.29) is 12.4 Å². The predicted molar refractivity (Wildman–Crippen MR) is 53.1 cm³/mol. The van der Waals surface area contributed by atoms with Gasteiger partial charge in [-0.2, -0.15) is 0 Å². The maximum absolute atomic E-state index is 10.9. The highest BCUT2D eigenvalue weighted by Gasteiger charge is 2.05. The Balaban J connectivity index is 2.54. The van der Waals surface area contributed by atoms with E-state index in [4.69, 9.17) is 9.84 Å². The van der Waals surface area contributed by atoms with Crippen LogP contribution >= 0.6 is 0 Å². The van der Waals surface area contributed by atoms with Crippen molar-refractivity contribution >= 4 is 11.9 Å². The summed E-state index contributed by atoms with van der Waals surface area (Å²) in [6, 6.07) is 3.13. The van der Waals surface area contributed by atoms with Gasteiger partial charge >= 0.3 is 11.9 Å². The molecule has 0 aromatic carbocycles. The first-order valence-electron chi connectivity index (χ1n) is 4.48. The van der Waals surface area contributed by atoms with Crippen molar-refractivity contribution < 1.29 is 24.2 Å². The Morgan fingerprint density at radius 2 is 2.19 bits per heavy atom. The monoisotopic (exact) mass is 225 g/mol. The third kappa shape index (κ3) is 3.95. The van der Waals surface area contributed by atoms with Crippen LogP contribution in [0, 0.1) is 0 Å². The maximum atomic E-state index is 10.9. The van der Waals surface area contributed by atoms with Crippen LogP contribution < -0.4 is 4.74 Å². The van der Waals surface area contributed by atoms with Gasteiger partial charge in [-0.25, -0.2) is 4.79 Å². The van der Waals surface area contributed by atoms with E-state index in [1.807, 2.05) is 0 Å². The number of carbonyl (C=O) groups excluding carboxylic acids is 1. The highest BCUT2D eigenvalue weighted by molar-refractivity contribution is 5.71. The van der Waals surface area contributed by atoms with Gasteiger partial charge in [0.15, 0.2) is 6.61 Å². The number of esters is 1. The molecular weight excluding hydrogens is 214 g/mol. The van der Waals surface area contributed by atoms with Gasteiger partial charge in [0.1, 0.15) is 5.75 Å². The fourth-order valence-corrected chi connectivity index (χ4v) is 0.966. The molecule has 86 valence electrons. The average Bonchev–Trinajstić information content (AvgIpc) is 2.28. The Hall–Kier alpha value is -2.11. The summed E-state index contributed by atoms with van der Waals surface area (Å²) < 4.78 is 9.35. The molecule has 1 N–H and O–H groups in total. The second-order valence-electron chi connectivity index (χ2n) is 2.92. The Morgan fingerprint density at radius 1 is 1.44 bits per heavy atom. The van der Waals surface area contributed by atoms with Crippen LogP contribution in [0.1, 0.15) is 5.69 Å². The number of ether oxygens (including phenoxy) is 2. The molecule has 0 atom stereocenters. The number of carboxylic acid groups (broad SMARTS) is 1. The zero-order valence-electron chi connectivity index (χ0n) is 8.67. The van der Waals surface area contributed by atoms with Crippen LogP contribution in [0.4, 0.5) is 0 Å². The van der Waals surface area contributed by atoms with Crippen molar-refractivity contribution in [2.45, 2.75) is 6.42 Å². The van der Waals surface area contributed by atoms with Crippen LogP contribution in [0.25, 0.3) is 0 Å². The topological polar surface area (TPSA) is 85.7 Å². The van der Waals surface area contributed by atoms with Crippen LogP contribution in [-0.2, 0) is 20.7 Å². The minimum Gasteiger partial charge on any atom is -0.480 e. The van der Waals surface area contributed by atoms with Crippen LogP contribution in [0.5, 0.6) is 5.75 Å². The first-order chi connectivity index (χ1) is 7.61. The van der Waals surface area contributed by atoms with Crippen LogP contribution in [-0.4, -0.2) is 35.7 Å². The van der Waals surface area contributed by atoms with E-state index in [9.17, 15) is 9.59 Å². The van der Waals surface area contributed by atoms with E-state index in [1.165, 1.54) is 13.3 Å². The fourth-order valence-electron chi connectivity index (χ4n) is 0.966. The average molecular weight is 225 g/mol. The first kappa shape index (κ1) is 12.0. The summed E-state index contributed by atoms with van der Waals surface area (Å²) >= 11 is 0. The number of carbonyl (C=O) groups is 2. The summed E-state index contributed by atoms with van der Waals surface area (Å²) in [6.07, 6.45) is 1.44. The largest absolute Gasteiger partial charge is 0.480 e. The van der Waals surface area contributed by atoms with Crippen LogP contribution in [0.2, 0.25) is 0 Å². The third-order valence-corrected chi connectivity index (χ3v) is 1.71. The number of hydrogen-bond donors (Lipinski definition) is 1. The number of pyridine rings is 1. The number of methoxy groups -OCH3 is 1. The second-order valence-corrected chi connectivity index (χ2v) is 2.92. The molecule has 0 bridgehead atoms. The molecule has 0 aliphatic heterocycles. The van der Waals surface area contributed by atoms with Gasteiger partial charge in [-0.3, -0.25) is 9.78 Å². The normalized spacial score (nSPS) is 9.56. The van der Waals surface area contributed by atoms with Crippen molar-refractivity contribution in [2.75, 3.05) is 13.7 Å². The van der Waals surface area contributed by atoms with Gasteiger partial charge in [-0.05, 0) is 12.1 Å². The van der Waals surface area contributed by atoms with Gasteiger partial charge in [0.25, 0.3) is 0 Å². The van der Waals surface area contributed by atoms with Gasteiger partial charge in [-0.15, -0.1) is 0 Å². The van der Waals surface area contributed by atoms with Crippen molar-refractivity contribution in [3.8, 4) is 5.75 Å². The Labute approximate surface area is 91.8 Å². The smallest absolute Gasteiger partial charge is 0.341 e. The lowest BCUT2D eigenvalue weighted by Crippen LogP contribution is -2.10. The fraction of sp³-hybridized carbons (Fsp3) is 0.300. The molecule has 0 radical (unpaired) electrons. The number of hydrogen-bond acceptors (Lipinski definition) is 5. The van der Waals surface area contributed by atoms with Crippen molar-refractivity contribution in [2.24, 2.45) is 0 Å². The minimum absolute atomic E-state index is 0.0791. The minimum atomic E-state index is -1.06. The molecule has 1 rings (SSSR count). The molecule has 16 heavy (non-hydrogen) atoms. The number of aliphatic carboxylic acids is 1. The molecule has 0 aliphatic rings. The van der Waals surface area contributed by atoms with E-state index in [1.54, 1.807) is 12.1 Å². The summed E-state index contributed by atoms with van der Waals surface area (Å²) in [4.78, 5) is 25.1. The zero-order chi connectivity index (χ0) is 12.0. The lowest BCUT2D eigenvalue weighted by Gasteiger charge is -2.03. The Kier molecular flexibility index (Phi) is 4.26. The van der Waals surface area contributed by atoms with Gasteiger partial charge in [0.2, 0.25) is 0 Å². The van der Waals surface area contributed by atoms with E-state index in [2.05, 4.69) is 9.72 Å². The molecule has 1 aromatic heterocycles. The molecule has 0 saturated heterocycles. The van der Waals surface area contributed by atoms with Gasteiger partial charge < -0.3 is 14.6 Å². The molecule has 0 fully saturated rings. The molecule has 0 saturated carbocycles. The van der Waals surface area contributed by atoms with E-state index in [0.29, 0.717) is 11.4 Å². The van der Waals surface area contributed by atoms with Crippen LogP contribution in [0.15, 0.2) is 18.3 Å². The summed E-state index contributed by atoms with van der Waals surface area (Å²) in [6.45, 7) is -0.419. The van der Waals surface area contributed by atoms with Crippen molar-refractivity contribution in [1.29, 1.82) is 0 Å². The standard InChI is InChI=1S/C10H11NO5/c1-15-10(14)4-7-2-3-8(5-11-7)16-6-9(12)13/h2-3,5H,4,6H2,1H3,(H,12,13). The van der Waals surface area contributed by atoms with E-state index in [0.717, 1.165) is 0 Å². The van der Waals surface area contributed by atoms with E-state index < -0.39 is 12.6 Å². The summed E-state index contributed by atoms with van der Waals surface area (Å²) in [5.41, 5.74) is 0.537. The van der Waals surface area contributed by atoms with Crippen molar-refractivity contribution in [1.82, 2.24) is 4.98 Å². The number of rotatable bonds is 5. The first-order valence-corrected chi connectivity index (χ1v) is 4.48. The van der Waals surface area contributed by atoms with E-state index >= 15 is 0 Å². The van der Waals surface area contributed by atoms with Gasteiger partial charge in [-0.1, -0.05) is 0 Å².